The van der Waals surface area contributed by atoms with E-state index < -0.39 is 55.1 Å². The van der Waals surface area contributed by atoms with E-state index in [1.165, 1.54) is 14.2 Å². The van der Waals surface area contributed by atoms with E-state index >= 15 is 0 Å². The average Bonchev–Trinajstić information content (AvgIpc) is 4.08. The summed E-state index contributed by atoms with van der Waals surface area (Å²) in [5.74, 6) is -3.60. The summed E-state index contributed by atoms with van der Waals surface area (Å²) in [4.78, 5) is 74.3. The lowest BCUT2D eigenvalue weighted by molar-refractivity contribution is -0.136. The molecule has 0 aliphatic carbocycles. The van der Waals surface area contributed by atoms with E-state index in [-0.39, 0.29) is 23.4 Å². The summed E-state index contributed by atoms with van der Waals surface area (Å²) in [7, 11) is 2.41. The van der Waals surface area contributed by atoms with Crippen molar-refractivity contribution in [1.82, 2.24) is 30.2 Å². The standard InChI is InChI=1S/C47H44F2N8O6/c1-25(2)39(55-46(61)63-4)44(59)56-24-47(48,49)22-38(56)42-51-33-18-17-31(20-35(33)52-42)28-10-8-26(9-11-28)27-12-14-29(15-13-27)36-23-50-41(53-36)37-21-32-7-5-6-30-16-19-34(54-45(60)62-3)43(58)57(37)40(30)32/h5-15,17-18,20,23,25,37-39H,16,19,21-22,24H2,1-4H3,(H,50,53)(H,51,52)(H,55,61)/t37-,38-,39-/m0/s1. The predicted molar refractivity (Wildman–Crippen MR) is 231 cm³/mol. The quantitative estimate of drug-likeness (QED) is 0.137. The first kappa shape index (κ1) is 41.1. The number of imidazole rings is 2. The zero-order valence-corrected chi connectivity index (χ0v) is 34.9. The number of para-hydroxylation sites is 1. The van der Waals surface area contributed by atoms with Crippen LogP contribution in [0.15, 0.2) is 96.1 Å². The Labute approximate surface area is 360 Å². The highest BCUT2D eigenvalue weighted by Crippen LogP contribution is 2.45. The van der Waals surface area contributed by atoms with Crippen LogP contribution in [-0.2, 0) is 31.9 Å². The molecule has 0 saturated carbocycles. The Bertz CT molecular complexity index is 2800. The number of carbonyl (C=O) groups excluding carboxylic acids is 4. The van der Waals surface area contributed by atoms with Crippen LogP contribution >= 0.6 is 0 Å². The minimum Gasteiger partial charge on any atom is -0.453 e. The number of carbonyl (C=O) groups is 4. The zero-order valence-electron chi connectivity index (χ0n) is 34.9. The fourth-order valence-electron chi connectivity index (χ4n) is 8.88. The maximum Gasteiger partial charge on any atom is 0.433 e. The first-order chi connectivity index (χ1) is 30.3. The van der Waals surface area contributed by atoms with Gasteiger partial charge < -0.3 is 29.7 Å². The lowest BCUT2D eigenvalue weighted by Gasteiger charge is -2.29. The fourth-order valence-corrected chi connectivity index (χ4v) is 8.88. The number of alkyl carbamates (subject to hydrolysis) is 1. The van der Waals surface area contributed by atoms with Gasteiger partial charge in [0.2, 0.25) is 5.91 Å². The van der Waals surface area contributed by atoms with Gasteiger partial charge in [0.05, 0.1) is 61.5 Å². The maximum absolute atomic E-state index is 14.9. The van der Waals surface area contributed by atoms with Crippen molar-refractivity contribution in [3.63, 3.8) is 0 Å². The van der Waals surface area contributed by atoms with Crippen LogP contribution in [0.25, 0.3) is 44.5 Å². The molecule has 4 aromatic carbocycles. The summed E-state index contributed by atoms with van der Waals surface area (Å²) in [5, 5.41) is 2.49. The van der Waals surface area contributed by atoms with Gasteiger partial charge in [-0.25, -0.2) is 28.3 Å². The molecule has 14 nitrogen and oxygen atoms in total. The van der Waals surface area contributed by atoms with Crippen molar-refractivity contribution in [1.29, 1.82) is 0 Å². The number of alkyl halides is 2. The molecule has 3 aliphatic heterocycles. The molecular formula is C47H44F2N8O6. The number of aromatic nitrogens is 4. The van der Waals surface area contributed by atoms with Crippen molar-refractivity contribution >= 4 is 46.4 Å². The molecule has 0 bridgehead atoms. The van der Waals surface area contributed by atoms with Crippen LogP contribution < -0.4 is 10.2 Å². The number of rotatable bonds is 8. The van der Waals surface area contributed by atoms with Crippen molar-refractivity contribution in [2.45, 2.75) is 63.6 Å². The van der Waals surface area contributed by atoms with Crippen LogP contribution in [-0.4, -0.2) is 87.3 Å². The highest BCUT2D eigenvalue weighted by Gasteiger charge is 2.50. The molecule has 9 rings (SSSR count). The minimum absolute atomic E-state index is 0.159. The highest BCUT2D eigenvalue weighted by atomic mass is 19.3. The topological polar surface area (TPSA) is 175 Å². The number of H-pyrrole nitrogens is 2. The number of amides is 4. The molecule has 0 radical (unpaired) electrons. The maximum atomic E-state index is 14.9. The van der Waals surface area contributed by atoms with Gasteiger partial charge in [-0.05, 0) is 69.8 Å². The van der Waals surface area contributed by atoms with Gasteiger partial charge in [-0.15, -0.1) is 0 Å². The summed E-state index contributed by atoms with van der Waals surface area (Å²) in [6.07, 6.45) is 1.01. The SMILES string of the molecule is COC(=O)N=C1CCc2cccc3c2N(C1=O)[C@H](c1ncc(-c2ccc(-c4ccc(-c5ccc6nc([C@@H]7CC(F)(F)CN7C(=O)[C@@H](NC(=O)OC)C(C)C)[nH]c6c5)cc4)cc2)[nH]1)C3. The highest BCUT2D eigenvalue weighted by molar-refractivity contribution is 6.45. The number of nitrogens with zero attached hydrogens (tertiary/aromatic N) is 5. The van der Waals surface area contributed by atoms with Crippen LogP contribution in [0.1, 0.15) is 61.5 Å². The molecule has 3 atom stereocenters. The van der Waals surface area contributed by atoms with Crippen LogP contribution in [0.2, 0.25) is 0 Å². The molecule has 0 unspecified atom stereocenters. The smallest absolute Gasteiger partial charge is 0.433 e. The fraction of sp³-hybridized carbons (Fsp3) is 0.298. The van der Waals surface area contributed by atoms with Gasteiger partial charge in [-0.2, -0.15) is 4.99 Å². The predicted octanol–water partition coefficient (Wildman–Crippen LogP) is 8.36. The summed E-state index contributed by atoms with van der Waals surface area (Å²) in [6.45, 7) is 2.65. The third-order valence-electron chi connectivity index (χ3n) is 12.1. The number of methoxy groups -OCH3 is 2. The van der Waals surface area contributed by atoms with E-state index in [1.54, 1.807) is 24.9 Å². The average molecular weight is 855 g/mol. The second-order valence-electron chi connectivity index (χ2n) is 16.4. The van der Waals surface area contributed by atoms with Crippen LogP contribution in [0, 0.1) is 5.92 Å². The van der Waals surface area contributed by atoms with E-state index in [2.05, 4.69) is 30.0 Å². The lowest BCUT2D eigenvalue weighted by atomic mass is 9.99. The van der Waals surface area contributed by atoms with Crippen LogP contribution in [0.5, 0.6) is 0 Å². The summed E-state index contributed by atoms with van der Waals surface area (Å²) in [5.41, 5.74) is 9.81. The molecule has 4 amide bonds. The normalized spacial score (nSPS) is 19.0. The molecule has 2 aromatic heterocycles. The first-order valence-electron chi connectivity index (χ1n) is 20.7. The summed E-state index contributed by atoms with van der Waals surface area (Å²) >= 11 is 0. The molecule has 63 heavy (non-hydrogen) atoms. The Balaban J connectivity index is 0.905. The minimum atomic E-state index is -3.14. The Hall–Kier alpha value is -7.23. The van der Waals surface area contributed by atoms with Crippen molar-refractivity contribution in [3.05, 3.63) is 114 Å². The van der Waals surface area contributed by atoms with Gasteiger partial charge in [0.15, 0.2) is 0 Å². The molecule has 6 aromatic rings. The number of aryl methyl sites for hydroxylation is 1. The number of anilines is 1. The molecule has 3 aliphatic rings. The van der Waals surface area contributed by atoms with Gasteiger partial charge >= 0.3 is 12.2 Å². The van der Waals surface area contributed by atoms with Gasteiger partial charge in [0, 0.05) is 12.8 Å². The Morgan fingerprint density at radius 3 is 2.19 bits per heavy atom. The molecule has 16 heteroatoms. The summed E-state index contributed by atoms with van der Waals surface area (Å²) in [6, 6.07) is 25.3. The Morgan fingerprint density at radius 1 is 0.841 bits per heavy atom. The van der Waals surface area contributed by atoms with Crippen LogP contribution in [0.4, 0.5) is 24.1 Å². The van der Waals surface area contributed by atoms with E-state index in [4.69, 9.17) is 9.72 Å². The number of nitrogens with one attached hydrogen (secondary N) is 3. The lowest BCUT2D eigenvalue weighted by Crippen LogP contribution is -2.51. The van der Waals surface area contributed by atoms with Crippen molar-refractivity contribution in [2.24, 2.45) is 10.9 Å². The van der Waals surface area contributed by atoms with Crippen molar-refractivity contribution in [2.75, 3.05) is 25.7 Å². The zero-order chi connectivity index (χ0) is 44.2. The van der Waals surface area contributed by atoms with Crippen LogP contribution in [0.3, 0.4) is 0 Å². The van der Waals surface area contributed by atoms with Crippen molar-refractivity contribution < 1.29 is 37.4 Å². The number of aliphatic imine (C=N–C) groups is 1. The monoisotopic (exact) mass is 854 g/mol. The van der Waals surface area contributed by atoms with Gasteiger partial charge in [0.25, 0.3) is 11.8 Å². The first-order valence-corrected chi connectivity index (χ1v) is 20.7. The van der Waals surface area contributed by atoms with Crippen molar-refractivity contribution in [3.8, 4) is 33.5 Å². The molecular weight excluding hydrogens is 811 g/mol. The number of benzene rings is 4. The number of likely N-dealkylation sites (tertiary alicyclic amines) is 1. The second-order valence-corrected chi connectivity index (χ2v) is 16.4. The molecule has 0 spiro atoms. The molecule has 5 heterocycles. The van der Waals surface area contributed by atoms with Gasteiger partial charge in [-0.1, -0.05) is 86.6 Å². The van der Waals surface area contributed by atoms with E-state index in [0.717, 1.165) is 55.2 Å². The van der Waals surface area contributed by atoms with Gasteiger partial charge in [0.1, 0.15) is 23.4 Å². The van der Waals surface area contributed by atoms with E-state index in [1.807, 2.05) is 84.9 Å². The largest absolute Gasteiger partial charge is 0.453 e. The summed E-state index contributed by atoms with van der Waals surface area (Å²) < 4.78 is 39.2. The number of aromatic amines is 2. The third kappa shape index (κ3) is 7.81. The Kier molecular flexibility index (Phi) is 10.6. The molecule has 3 N–H and O–H groups in total. The molecule has 322 valence electrons. The number of halogens is 2. The number of ether oxygens (including phenoxy) is 2. The third-order valence-corrected chi connectivity index (χ3v) is 12.1. The van der Waals surface area contributed by atoms with E-state index in [9.17, 15) is 28.0 Å². The number of fused-ring (bicyclic) bond motifs is 1. The number of hydrogen-bond acceptors (Lipinski definition) is 8. The molecule has 1 saturated heterocycles. The number of hydrogen-bond donors (Lipinski definition) is 3. The molecule has 1 fully saturated rings. The second kappa shape index (κ2) is 16.2. The Morgan fingerprint density at radius 2 is 1.51 bits per heavy atom. The van der Waals surface area contributed by atoms with E-state index in [0.29, 0.717) is 36.1 Å². The van der Waals surface area contributed by atoms with Gasteiger partial charge in [-0.3, -0.25) is 14.5 Å².